The molecule has 6 heteroatoms. The summed E-state index contributed by atoms with van der Waals surface area (Å²) < 4.78 is 18.3. The molecule has 16 heavy (non-hydrogen) atoms. The third kappa shape index (κ3) is 1.89. The Hall–Kier alpha value is -1.17. The van der Waals surface area contributed by atoms with Crippen molar-refractivity contribution in [1.82, 2.24) is 4.98 Å². The lowest BCUT2D eigenvalue weighted by molar-refractivity contribution is 0.152. The van der Waals surface area contributed by atoms with Gasteiger partial charge in [-0.1, -0.05) is 11.6 Å². The van der Waals surface area contributed by atoms with Gasteiger partial charge in [-0.05, 0) is 13.0 Å². The van der Waals surface area contributed by atoms with Crippen molar-refractivity contribution in [3.63, 3.8) is 0 Å². The fourth-order valence-electron chi connectivity index (χ4n) is 1.29. The molecule has 0 saturated heterocycles. The molecular formula is C10H10ClFN2O2. The van der Waals surface area contributed by atoms with E-state index in [0.29, 0.717) is 5.52 Å². The highest BCUT2D eigenvalue weighted by molar-refractivity contribution is 6.31. The van der Waals surface area contributed by atoms with E-state index in [9.17, 15) is 9.50 Å². The van der Waals surface area contributed by atoms with E-state index in [1.165, 1.54) is 13.0 Å². The maximum Gasteiger partial charge on any atom is 0.215 e. The number of aromatic nitrogens is 1. The molecule has 0 aliphatic carbocycles. The topological polar surface area (TPSA) is 72.3 Å². The highest BCUT2D eigenvalue weighted by Gasteiger charge is 2.19. The molecule has 1 aromatic carbocycles. The highest BCUT2D eigenvalue weighted by Crippen LogP contribution is 2.25. The van der Waals surface area contributed by atoms with Crippen LogP contribution in [0.5, 0.6) is 0 Å². The third-order valence-corrected chi connectivity index (χ3v) is 2.54. The Labute approximate surface area is 95.8 Å². The summed E-state index contributed by atoms with van der Waals surface area (Å²) in [4.78, 5) is 4.03. The number of aliphatic hydroxyl groups is 1. The Balaban J connectivity index is 2.52. The predicted octanol–water partition coefficient (Wildman–Crippen LogP) is 2.00. The molecule has 2 aromatic rings. The van der Waals surface area contributed by atoms with Crippen LogP contribution in [0.1, 0.15) is 18.9 Å². The average Bonchev–Trinajstić information content (AvgIpc) is 2.60. The number of aliphatic hydroxyl groups excluding tert-OH is 1. The zero-order valence-electron chi connectivity index (χ0n) is 8.45. The fraction of sp³-hybridized carbons (Fsp3) is 0.300. The zero-order valence-corrected chi connectivity index (χ0v) is 9.20. The molecule has 0 fully saturated rings. The van der Waals surface area contributed by atoms with Gasteiger partial charge in [0.1, 0.15) is 17.4 Å². The summed E-state index contributed by atoms with van der Waals surface area (Å²) in [6.45, 7) is 1.52. The van der Waals surface area contributed by atoms with Crippen LogP contribution in [0, 0.1) is 5.82 Å². The van der Waals surface area contributed by atoms with Gasteiger partial charge in [0.05, 0.1) is 11.1 Å². The Morgan fingerprint density at radius 2 is 2.25 bits per heavy atom. The van der Waals surface area contributed by atoms with Gasteiger partial charge in [-0.25, -0.2) is 9.37 Å². The number of rotatable bonds is 2. The van der Waals surface area contributed by atoms with Crippen LogP contribution in [0.15, 0.2) is 16.5 Å². The first-order valence-corrected chi connectivity index (χ1v) is 5.06. The number of nitrogens with zero attached hydrogens (tertiary/aromatic N) is 1. The van der Waals surface area contributed by atoms with Crippen molar-refractivity contribution in [1.29, 1.82) is 0 Å². The predicted molar refractivity (Wildman–Crippen MR) is 57.6 cm³/mol. The smallest absolute Gasteiger partial charge is 0.215 e. The number of halogens is 2. The molecule has 0 aliphatic heterocycles. The first-order valence-electron chi connectivity index (χ1n) is 4.68. The normalized spacial score (nSPS) is 15.3. The van der Waals surface area contributed by atoms with E-state index >= 15 is 0 Å². The van der Waals surface area contributed by atoms with Gasteiger partial charge < -0.3 is 15.3 Å². The van der Waals surface area contributed by atoms with Gasteiger partial charge in [0.25, 0.3) is 0 Å². The first-order chi connectivity index (χ1) is 7.49. The second kappa shape index (κ2) is 4.01. The van der Waals surface area contributed by atoms with E-state index in [1.807, 2.05) is 0 Å². The maximum absolute atomic E-state index is 13.1. The lowest BCUT2D eigenvalue weighted by Crippen LogP contribution is -2.23. The maximum atomic E-state index is 13.1. The first kappa shape index (κ1) is 11.3. The summed E-state index contributed by atoms with van der Waals surface area (Å²) in [5.74, 6) is -0.422. The van der Waals surface area contributed by atoms with Crippen LogP contribution in [-0.2, 0) is 0 Å². The van der Waals surface area contributed by atoms with Crippen LogP contribution in [-0.4, -0.2) is 16.2 Å². The van der Waals surface area contributed by atoms with Gasteiger partial charge in [0.2, 0.25) is 5.89 Å². The highest BCUT2D eigenvalue weighted by atomic mass is 35.5. The molecule has 0 spiro atoms. The van der Waals surface area contributed by atoms with Gasteiger partial charge in [-0.2, -0.15) is 0 Å². The summed E-state index contributed by atoms with van der Waals surface area (Å²) >= 11 is 5.60. The third-order valence-electron chi connectivity index (χ3n) is 2.25. The molecule has 0 aliphatic rings. The Bertz CT molecular complexity index is 488. The largest absolute Gasteiger partial charge is 0.439 e. The van der Waals surface area contributed by atoms with Gasteiger partial charge in [-0.3, -0.25) is 0 Å². The van der Waals surface area contributed by atoms with Gasteiger partial charge in [0.15, 0.2) is 5.58 Å². The number of nitrogens with two attached hydrogens (primary N) is 1. The lowest BCUT2D eigenvalue weighted by atomic mass is 10.2. The zero-order chi connectivity index (χ0) is 11.9. The van der Waals surface area contributed by atoms with Crippen molar-refractivity contribution in [2.45, 2.75) is 19.1 Å². The molecule has 3 N–H and O–H groups in total. The van der Waals surface area contributed by atoms with Gasteiger partial charge in [-0.15, -0.1) is 0 Å². The fourth-order valence-corrected chi connectivity index (χ4v) is 1.45. The van der Waals surface area contributed by atoms with Gasteiger partial charge >= 0.3 is 0 Å². The van der Waals surface area contributed by atoms with Crippen LogP contribution < -0.4 is 5.73 Å². The molecular weight excluding hydrogens is 235 g/mol. The average molecular weight is 245 g/mol. The van der Waals surface area contributed by atoms with Crippen molar-refractivity contribution in [2.24, 2.45) is 5.73 Å². The van der Waals surface area contributed by atoms with Crippen molar-refractivity contribution < 1.29 is 13.9 Å². The summed E-state index contributed by atoms with van der Waals surface area (Å²) in [7, 11) is 0. The van der Waals surface area contributed by atoms with Crippen LogP contribution in [0.25, 0.3) is 11.1 Å². The minimum absolute atomic E-state index is 0.0297. The van der Waals surface area contributed by atoms with Crippen LogP contribution >= 0.6 is 11.6 Å². The molecule has 4 nitrogen and oxygen atoms in total. The van der Waals surface area contributed by atoms with E-state index in [4.69, 9.17) is 21.8 Å². The molecule has 0 radical (unpaired) electrons. The minimum Gasteiger partial charge on any atom is -0.439 e. The van der Waals surface area contributed by atoms with E-state index < -0.39 is 18.0 Å². The Morgan fingerprint density at radius 1 is 1.56 bits per heavy atom. The summed E-state index contributed by atoms with van der Waals surface area (Å²) in [5.41, 5.74) is 6.32. The summed E-state index contributed by atoms with van der Waals surface area (Å²) in [5, 5.41) is 9.25. The van der Waals surface area contributed by atoms with Crippen molar-refractivity contribution >= 4 is 22.7 Å². The molecule has 2 rings (SSSR count). The van der Waals surface area contributed by atoms with Crippen molar-refractivity contribution in [3.05, 3.63) is 28.9 Å². The summed E-state index contributed by atoms with van der Waals surface area (Å²) in [6.07, 6.45) is -0.798. The van der Waals surface area contributed by atoms with Crippen LogP contribution in [0.3, 0.4) is 0 Å². The molecule has 2 atom stereocenters. The van der Waals surface area contributed by atoms with Crippen LogP contribution in [0.4, 0.5) is 4.39 Å². The molecule has 0 amide bonds. The second-order valence-corrected chi connectivity index (χ2v) is 3.96. The molecule has 0 saturated carbocycles. The monoisotopic (exact) mass is 244 g/mol. The number of oxazole rings is 1. The second-order valence-electron chi connectivity index (χ2n) is 3.55. The number of hydrogen-bond acceptors (Lipinski definition) is 4. The SMILES string of the molecule is CC(O)C(N)c1nc2cc(Cl)c(F)cc2o1. The number of benzene rings is 1. The van der Waals surface area contributed by atoms with Gasteiger partial charge in [0, 0.05) is 6.07 Å². The van der Waals surface area contributed by atoms with Crippen molar-refractivity contribution in [3.8, 4) is 0 Å². The summed E-state index contributed by atoms with van der Waals surface area (Å²) in [6, 6.07) is 1.76. The number of fused-ring (bicyclic) bond motifs is 1. The number of hydrogen-bond donors (Lipinski definition) is 2. The lowest BCUT2D eigenvalue weighted by Gasteiger charge is -2.09. The quantitative estimate of drug-likeness (QED) is 0.848. The van der Waals surface area contributed by atoms with Crippen molar-refractivity contribution in [2.75, 3.05) is 0 Å². The standard InChI is InChI=1S/C10H10ClFN2O2/c1-4(15)9(13)10-14-7-2-5(11)6(12)3-8(7)16-10/h2-4,9,15H,13H2,1H3. The molecule has 86 valence electrons. The molecule has 2 unspecified atom stereocenters. The van der Waals surface area contributed by atoms with Crippen LogP contribution in [0.2, 0.25) is 5.02 Å². The van der Waals surface area contributed by atoms with E-state index in [2.05, 4.69) is 4.98 Å². The molecule has 1 heterocycles. The molecule has 1 aromatic heterocycles. The Kier molecular flexibility index (Phi) is 2.84. The van der Waals surface area contributed by atoms with E-state index in [0.717, 1.165) is 6.07 Å². The minimum atomic E-state index is -0.798. The Morgan fingerprint density at radius 3 is 2.88 bits per heavy atom. The van der Waals surface area contributed by atoms with E-state index in [1.54, 1.807) is 0 Å². The molecule has 0 bridgehead atoms. The van der Waals surface area contributed by atoms with E-state index in [-0.39, 0.29) is 16.5 Å².